The maximum atomic E-state index is 11.7. The summed E-state index contributed by atoms with van der Waals surface area (Å²) >= 11 is 0. The molecular formula is C15H16N2O4. The van der Waals surface area contributed by atoms with Gasteiger partial charge in [0.2, 0.25) is 0 Å². The summed E-state index contributed by atoms with van der Waals surface area (Å²) in [5.74, 6) is -0.431. The van der Waals surface area contributed by atoms with E-state index in [-0.39, 0.29) is 12.4 Å². The van der Waals surface area contributed by atoms with Gasteiger partial charge in [-0.1, -0.05) is 18.2 Å². The molecule has 0 saturated heterocycles. The third-order valence-electron chi connectivity index (χ3n) is 2.70. The van der Waals surface area contributed by atoms with Gasteiger partial charge in [-0.3, -0.25) is 14.9 Å². The van der Waals surface area contributed by atoms with Crippen molar-refractivity contribution in [2.24, 2.45) is 0 Å². The summed E-state index contributed by atoms with van der Waals surface area (Å²) in [4.78, 5) is 23.3. The van der Waals surface area contributed by atoms with Gasteiger partial charge in [-0.2, -0.15) is 0 Å². The molecule has 2 amide bonds. The second-order valence-electron chi connectivity index (χ2n) is 4.28. The van der Waals surface area contributed by atoms with E-state index in [4.69, 9.17) is 9.15 Å². The van der Waals surface area contributed by atoms with Crippen LogP contribution in [-0.2, 0) is 11.3 Å². The molecule has 1 aromatic heterocycles. The van der Waals surface area contributed by atoms with Crippen LogP contribution < -0.4 is 15.4 Å². The van der Waals surface area contributed by atoms with Gasteiger partial charge in [0, 0.05) is 12.1 Å². The fraction of sp³-hybridized carbons (Fsp3) is 0.200. The Kier molecular flexibility index (Phi) is 5.11. The average Bonchev–Trinajstić information content (AvgIpc) is 3.01. The molecule has 0 aliphatic rings. The topological polar surface area (TPSA) is 80.6 Å². The van der Waals surface area contributed by atoms with E-state index < -0.39 is 11.8 Å². The highest BCUT2D eigenvalue weighted by atomic mass is 16.5. The Hall–Kier alpha value is -2.60. The number of imide groups is 1. The summed E-state index contributed by atoms with van der Waals surface area (Å²) in [6, 6.07) is 10.4. The highest BCUT2D eigenvalue weighted by Gasteiger charge is 2.13. The summed E-state index contributed by atoms with van der Waals surface area (Å²) < 4.78 is 10.3. The van der Waals surface area contributed by atoms with Gasteiger partial charge in [0.25, 0.3) is 11.8 Å². The number of carbonyl (C=O) groups is 2. The molecule has 0 spiro atoms. The minimum atomic E-state index is -0.586. The van der Waals surface area contributed by atoms with Crippen molar-refractivity contribution in [1.82, 2.24) is 10.6 Å². The lowest BCUT2D eigenvalue weighted by atomic mass is 10.2. The van der Waals surface area contributed by atoms with Crippen molar-refractivity contribution in [1.29, 1.82) is 0 Å². The maximum absolute atomic E-state index is 11.7. The summed E-state index contributed by atoms with van der Waals surface area (Å²) in [5.41, 5.74) is 0.935. The van der Waals surface area contributed by atoms with Gasteiger partial charge in [0.1, 0.15) is 5.75 Å². The average molecular weight is 288 g/mol. The first-order valence-corrected chi connectivity index (χ1v) is 6.43. The zero-order chi connectivity index (χ0) is 15.1. The molecule has 0 radical (unpaired) electrons. The third-order valence-corrected chi connectivity index (χ3v) is 2.70. The van der Waals surface area contributed by atoms with Crippen molar-refractivity contribution in [3.63, 3.8) is 0 Å². The zero-order valence-electron chi connectivity index (χ0n) is 11.6. The highest BCUT2D eigenvalue weighted by molar-refractivity contribution is 6.03. The van der Waals surface area contributed by atoms with Crippen molar-refractivity contribution in [2.45, 2.75) is 6.54 Å². The van der Waals surface area contributed by atoms with Crippen LogP contribution >= 0.6 is 0 Å². The minimum absolute atomic E-state index is 0.0823. The Bertz CT molecular complexity index is 608. The second kappa shape index (κ2) is 7.25. The smallest absolute Gasteiger partial charge is 0.293 e. The summed E-state index contributed by atoms with van der Waals surface area (Å²) in [6.45, 7) is 0.385. The molecular weight excluding hydrogens is 272 g/mol. The molecule has 2 rings (SSSR count). The fourth-order valence-electron chi connectivity index (χ4n) is 1.76. The molecule has 0 aliphatic carbocycles. The van der Waals surface area contributed by atoms with E-state index in [9.17, 15) is 9.59 Å². The summed E-state index contributed by atoms with van der Waals surface area (Å²) in [6.07, 6.45) is 1.36. The quantitative estimate of drug-likeness (QED) is 0.838. The van der Waals surface area contributed by atoms with Gasteiger partial charge in [-0.15, -0.1) is 0 Å². The molecule has 0 aliphatic heterocycles. The summed E-state index contributed by atoms with van der Waals surface area (Å²) in [7, 11) is 1.82. The lowest BCUT2D eigenvalue weighted by molar-refractivity contribution is -0.122. The van der Waals surface area contributed by atoms with E-state index in [0.717, 1.165) is 5.56 Å². The number of nitrogens with one attached hydrogen (secondary N) is 2. The molecule has 2 N–H and O–H groups in total. The van der Waals surface area contributed by atoms with E-state index in [1.165, 1.54) is 12.3 Å². The van der Waals surface area contributed by atoms with E-state index in [1.807, 2.05) is 25.2 Å². The van der Waals surface area contributed by atoms with Gasteiger partial charge in [-0.05, 0) is 25.2 Å². The molecule has 110 valence electrons. The largest absolute Gasteiger partial charge is 0.483 e. The number of benzene rings is 1. The number of ether oxygens (including phenoxy) is 1. The van der Waals surface area contributed by atoms with Gasteiger partial charge in [0.15, 0.2) is 12.4 Å². The van der Waals surface area contributed by atoms with Crippen LogP contribution in [0.1, 0.15) is 16.1 Å². The molecule has 1 aromatic carbocycles. The van der Waals surface area contributed by atoms with Crippen molar-refractivity contribution in [2.75, 3.05) is 13.7 Å². The molecule has 0 unspecified atom stereocenters. The number of furan rings is 1. The Morgan fingerprint density at radius 2 is 2.00 bits per heavy atom. The van der Waals surface area contributed by atoms with Crippen LogP contribution in [-0.4, -0.2) is 25.5 Å². The molecule has 6 nitrogen and oxygen atoms in total. The predicted octanol–water partition coefficient (Wildman–Crippen LogP) is 1.33. The number of para-hydroxylation sites is 1. The first-order chi connectivity index (χ1) is 10.2. The van der Waals surface area contributed by atoms with Gasteiger partial charge in [0.05, 0.1) is 6.26 Å². The molecule has 0 bridgehead atoms. The van der Waals surface area contributed by atoms with E-state index in [1.54, 1.807) is 12.1 Å². The van der Waals surface area contributed by atoms with E-state index in [0.29, 0.717) is 12.3 Å². The number of amides is 2. The van der Waals surface area contributed by atoms with Crippen molar-refractivity contribution >= 4 is 11.8 Å². The Morgan fingerprint density at radius 3 is 2.71 bits per heavy atom. The lowest BCUT2D eigenvalue weighted by Gasteiger charge is -2.10. The Labute approximate surface area is 122 Å². The van der Waals surface area contributed by atoms with E-state index >= 15 is 0 Å². The van der Waals surface area contributed by atoms with E-state index in [2.05, 4.69) is 10.6 Å². The first kappa shape index (κ1) is 14.8. The molecule has 0 atom stereocenters. The Morgan fingerprint density at radius 1 is 1.19 bits per heavy atom. The van der Waals surface area contributed by atoms with Gasteiger partial charge in [-0.25, -0.2) is 0 Å². The number of hydrogen-bond donors (Lipinski definition) is 2. The molecule has 0 saturated carbocycles. The molecule has 1 heterocycles. The summed E-state index contributed by atoms with van der Waals surface area (Å²) in [5, 5.41) is 5.21. The van der Waals surface area contributed by atoms with Crippen LogP contribution in [0.5, 0.6) is 5.75 Å². The maximum Gasteiger partial charge on any atom is 0.293 e. The molecule has 21 heavy (non-hydrogen) atoms. The predicted molar refractivity (Wildman–Crippen MR) is 75.9 cm³/mol. The monoisotopic (exact) mass is 288 g/mol. The van der Waals surface area contributed by atoms with Crippen LogP contribution in [0.15, 0.2) is 47.1 Å². The van der Waals surface area contributed by atoms with Crippen LogP contribution in [0.2, 0.25) is 0 Å². The molecule has 6 heteroatoms. The Balaban J connectivity index is 1.88. The van der Waals surface area contributed by atoms with Crippen LogP contribution in [0, 0.1) is 0 Å². The van der Waals surface area contributed by atoms with Crippen molar-refractivity contribution < 1.29 is 18.7 Å². The minimum Gasteiger partial charge on any atom is -0.483 e. The lowest BCUT2D eigenvalue weighted by Crippen LogP contribution is -2.34. The highest BCUT2D eigenvalue weighted by Crippen LogP contribution is 2.17. The van der Waals surface area contributed by atoms with Crippen LogP contribution in [0.4, 0.5) is 0 Å². The first-order valence-electron chi connectivity index (χ1n) is 6.43. The fourth-order valence-corrected chi connectivity index (χ4v) is 1.76. The SMILES string of the molecule is CNCc1ccccc1OCC(=O)NC(=O)c1ccco1. The number of rotatable bonds is 6. The van der Waals surface area contributed by atoms with Crippen molar-refractivity contribution in [3.8, 4) is 5.75 Å². The van der Waals surface area contributed by atoms with Gasteiger partial charge < -0.3 is 14.5 Å². The third kappa shape index (κ3) is 4.19. The molecule has 2 aromatic rings. The van der Waals surface area contributed by atoms with Gasteiger partial charge >= 0.3 is 0 Å². The van der Waals surface area contributed by atoms with Crippen molar-refractivity contribution in [3.05, 3.63) is 54.0 Å². The second-order valence-corrected chi connectivity index (χ2v) is 4.28. The standard InChI is InChI=1S/C15H16N2O4/c1-16-9-11-5-2-3-6-12(11)21-10-14(18)17-15(19)13-7-4-8-20-13/h2-8,16H,9-10H2,1H3,(H,17,18,19). The zero-order valence-corrected chi connectivity index (χ0v) is 11.6. The molecule has 0 fully saturated rings. The van der Waals surface area contributed by atoms with Crippen LogP contribution in [0.25, 0.3) is 0 Å². The number of carbonyl (C=O) groups excluding carboxylic acids is 2. The van der Waals surface area contributed by atoms with Crippen LogP contribution in [0.3, 0.4) is 0 Å². The number of hydrogen-bond acceptors (Lipinski definition) is 5. The normalized spacial score (nSPS) is 10.1.